The number of nitrogens with zero attached hydrogens (tertiary/aromatic N) is 1. The quantitative estimate of drug-likeness (QED) is 0.324. The van der Waals surface area contributed by atoms with Crippen molar-refractivity contribution in [2.75, 3.05) is 14.1 Å². The predicted molar refractivity (Wildman–Crippen MR) is 87.9 cm³/mol. The molecular formula is C16H36ClNO. The molecule has 0 amide bonds. The maximum absolute atomic E-state index is 5.57. The van der Waals surface area contributed by atoms with Gasteiger partial charge >= 0.3 is 0 Å². The third-order valence-electron chi connectivity index (χ3n) is 3.35. The molecule has 0 fully saturated rings. The lowest BCUT2D eigenvalue weighted by molar-refractivity contribution is -0.160. The van der Waals surface area contributed by atoms with Gasteiger partial charge in [0.15, 0.2) is 0 Å². The highest BCUT2D eigenvalue weighted by atomic mass is 35.5. The number of unbranched alkanes of at least 4 members (excludes halogenated alkanes) is 9. The summed E-state index contributed by atoms with van der Waals surface area (Å²) in [7, 11) is 3.91. The number of rotatable bonds is 13. The fourth-order valence-electron chi connectivity index (χ4n) is 2.33. The van der Waals surface area contributed by atoms with Crippen molar-refractivity contribution in [1.82, 2.24) is 5.06 Å². The van der Waals surface area contributed by atoms with Crippen LogP contribution in [0.3, 0.4) is 0 Å². The van der Waals surface area contributed by atoms with Crippen LogP contribution in [-0.4, -0.2) is 25.3 Å². The van der Waals surface area contributed by atoms with Gasteiger partial charge < -0.3 is 0 Å². The number of hydroxylamine groups is 2. The Morgan fingerprint density at radius 1 is 0.789 bits per heavy atom. The molecule has 1 atom stereocenters. The summed E-state index contributed by atoms with van der Waals surface area (Å²) in [4.78, 5) is 5.57. The van der Waals surface area contributed by atoms with E-state index in [1.807, 2.05) is 14.1 Å². The van der Waals surface area contributed by atoms with Crippen molar-refractivity contribution in [2.24, 2.45) is 0 Å². The van der Waals surface area contributed by atoms with E-state index < -0.39 is 0 Å². The van der Waals surface area contributed by atoms with Gasteiger partial charge in [-0.25, -0.2) is 0 Å². The number of hydrogen-bond donors (Lipinski definition) is 0. The van der Waals surface area contributed by atoms with Crippen molar-refractivity contribution in [3.05, 3.63) is 0 Å². The molecule has 0 rings (SSSR count). The summed E-state index contributed by atoms with van der Waals surface area (Å²) in [5.41, 5.74) is 0. The molecule has 0 radical (unpaired) electrons. The third-order valence-corrected chi connectivity index (χ3v) is 3.35. The molecule has 0 aliphatic heterocycles. The van der Waals surface area contributed by atoms with Gasteiger partial charge in [0.1, 0.15) is 0 Å². The molecule has 0 aromatic rings. The highest BCUT2D eigenvalue weighted by Gasteiger charge is 2.03. The summed E-state index contributed by atoms with van der Waals surface area (Å²) in [6.45, 7) is 4.44. The lowest BCUT2D eigenvalue weighted by Crippen LogP contribution is -2.20. The van der Waals surface area contributed by atoms with Crippen molar-refractivity contribution < 1.29 is 4.84 Å². The van der Waals surface area contributed by atoms with Gasteiger partial charge in [0.2, 0.25) is 0 Å². The normalized spacial score (nSPS) is 12.5. The standard InChI is InChI=1S/C16H35NO.ClH/c1-5-6-7-8-9-10-11-12-13-14-15-16(2)18-17(3)4;/h16H,5-15H2,1-4H3;1H. The molecule has 0 bridgehead atoms. The summed E-state index contributed by atoms with van der Waals surface area (Å²) in [6.07, 6.45) is 15.6. The monoisotopic (exact) mass is 293 g/mol. The van der Waals surface area contributed by atoms with E-state index in [0.717, 1.165) is 0 Å². The Kier molecular flexibility index (Phi) is 18.4. The number of hydrogen-bond acceptors (Lipinski definition) is 2. The molecule has 0 aliphatic rings. The van der Waals surface area contributed by atoms with Crippen LogP contribution in [0.25, 0.3) is 0 Å². The summed E-state index contributed by atoms with van der Waals surface area (Å²) in [5.74, 6) is 0. The maximum Gasteiger partial charge on any atom is 0.0764 e. The van der Waals surface area contributed by atoms with Crippen LogP contribution >= 0.6 is 12.4 Å². The second kappa shape index (κ2) is 16.3. The summed E-state index contributed by atoms with van der Waals surface area (Å²) in [5, 5.41) is 1.81. The minimum atomic E-state index is 0. The Morgan fingerprint density at radius 2 is 1.21 bits per heavy atom. The zero-order valence-electron chi connectivity index (χ0n) is 13.6. The molecule has 3 heteroatoms. The van der Waals surface area contributed by atoms with Crippen LogP contribution in [0, 0.1) is 0 Å². The molecular weight excluding hydrogens is 258 g/mol. The van der Waals surface area contributed by atoms with Crippen molar-refractivity contribution in [2.45, 2.75) is 90.6 Å². The molecule has 118 valence electrons. The second-order valence-electron chi connectivity index (χ2n) is 5.70. The molecule has 0 spiro atoms. The average Bonchev–Trinajstić information content (AvgIpc) is 2.30. The molecule has 0 aromatic carbocycles. The maximum atomic E-state index is 5.57. The van der Waals surface area contributed by atoms with Gasteiger partial charge in [-0.2, -0.15) is 5.06 Å². The second-order valence-corrected chi connectivity index (χ2v) is 5.70. The van der Waals surface area contributed by atoms with E-state index in [1.54, 1.807) is 5.06 Å². The van der Waals surface area contributed by atoms with Crippen molar-refractivity contribution in [3.63, 3.8) is 0 Å². The Morgan fingerprint density at radius 3 is 1.63 bits per heavy atom. The van der Waals surface area contributed by atoms with E-state index in [4.69, 9.17) is 4.84 Å². The van der Waals surface area contributed by atoms with Gasteiger partial charge in [0.05, 0.1) is 6.10 Å². The van der Waals surface area contributed by atoms with Crippen LogP contribution in [0.1, 0.15) is 84.5 Å². The highest BCUT2D eigenvalue weighted by Crippen LogP contribution is 2.12. The van der Waals surface area contributed by atoms with Gasteiger partial charge in [-0.05, 0) is 13.3 Å². The van der Waals surface area contributed by atoms with E-state index in [1.165, 1.54) is 70.6 Å². The molecule has 0 aromatic heterocycles. The first-order valence-corrected chi connectivity index (χ1v) is 8.01. The number of halogens is 1. The summed E-state index contributed by atoms with van der Waals surface area (Å²) in [6, 6.07) is 0. The van der Waals surface area contributed by atoms with Crippen LogP contribution in [0.4, 0.5) is 0 Å². The average molecular weight is 294 g/mol. The van der Waals surface area contributed by atoms with Gasteiger partial charge in [-0.15, -0.1) is 12.4 Å². The minimum absolute atomic E-state index is 0. The summed E-state index contributed by atoms with van der Waals surface area (Å²) >= 11 is 0. The van der Waals surface area contributed by atoms with E-state index in [0.29, 0.717) is 6.10 Å². The van der Waals surface area contributed by atoms with E-state index in [9.17, 15) is 0 Å². The Hall–Kier alpha value is 0.210. The lowest BCUT2D eigenvalue weighted by Gasteiger charge is -2.17. The molecule has 0 saturated heterocycles. The fourth-order valence-corrected chi connectivity index (χ4v) is 2.33. The zero-order chi connectivity index (χ0) is 13.6. The molecule has 2 nitrogen and oxygen atoms in total. The smallest absolute Gasteiger partial charge is 0.0764 e. The van der Waals surface area contributed by atoms with Crippen LogP contribution in [0.2, 0.25) is 0 Å². The summed E-state index contributed by atoms with van der Waals surface area (Å²) < 4.78 is 0. The van der Waals surface area contributed by atoms with E-state index in [-0.39, 0.29) is 12.4 Å². The highest BCUT2D eigenvalue weighted by molar-refractivity contribution is 5.85. The van der Waals surface area contributed by atoms with E-state index in [2.05, 4.69) is 13.8 Å². The predicted octanol–water partition coefficient (Wildman–Crippen LogP) is 5.60. The van der Waals surface area contributed by atoms with Crippen molar-refractivity contribution in [1.29, 1.82) is 0 Å². The molecule has 0 N–H and O–H groups in total. The first-order chi connectivity index (χ1) is 8.66. The molecule has 19 heavy (non-hydrogen) atoms. The zero-order valence-corrected chi connectivity index (χ0v) is 14.4. The van der Waals surface area contributed by atoms with Gasteiger partial charge in [-0.3, -0.25) is 4.84 Å². The minimum Gasteiger partial charge on any atom is -0.297 e. The molecule has 0 saturated carbocycles. The Labute approximate surface area is 127 Å². The molecule has 0 aliphatic carbocycles. The van der Waals surface area contributed by atoms with Crippen LogP contribution in [-0.2, 0) is 4.84 Å². The fraction of sp³-hybridized carbons (Fsp3) is 1.00. The largest absolute Gasteiger partial charge is 0.297 e. The lowest BCUT2D eigenvalue weighted by atomic mass is 10.1. The Bertz CT molecular complexity index is 165. The van der Waals surface area contributed by atoms with Crippen molar-refractivity contribution in [3.8, 4) is 0 Å². The molecule has 0 heterocycles. The van der Waals surface area contributed by atoms with Crippen LogP contribution in [0.15, 0.2) is 0 Å². The molecule has 1 unspecified atom stereocenters. The topological polar surface area (TPSA) is 12.5 Å². The SMILES string of the molecule is CCCCCCCCCCCCC(C)ON(C)C.Cl. The van der Waals surface area contributed by atoms with Gasteiger partial charge in [0, 0.05) is 14.1 Å². The van der Waals surface area contributed by atoms with Crippen molar-refractivity contribution >= 4 is 12.4 Å². The van der Waals surface area contributed by atoms with Crippen LogP contribution in [0.5, 0.6) is 0 Å². The van der Waals surface area contributed by atoms with Gasteiger partial charge in [0.25, 0.3) is 0 Å². The van der Waals surface area contributed by atoms with E-state index >= 15 is 0 Å². The first kappa shape index (κ1) is 21.5. The first-order valence-electron chi connectivity index (χ1n) is 8.01. The van der Waals surface area contributed by atoms with Crippen LogP contribution < -0.4 is 0 Å². The Balaban J connectivity index is 0. The third kappa shape index (κ3) is 18.2. The van der Waals surface area contributed by atoms with Gasteiger partial charge in [-0.1, -0.05) is 71.1 Å².